The van der Waals surface area contributed by atoms with Crippen LogP contribution in [0.5, 0.6) is 11.5 Å². The van der Waals surface area contributed by atoms with Crippen molar-refractivity contribution in [1.29, 1.82) is 0 Å². The molecule has 0 fully saturated rings. The van der Waals surface area contributed by atoms with E-state index in [1.807, 2.05) is 26.8 Å². The first-order chi connectivity index (χ1) is 13.7. The maximum absolute atomic E-state index is 12.5. The van der Waals surface area contributed by atoms with Crippen molar-refractivity contribution in [2.45, 2.75) is 72.1 Å². The molecule has 0 spiro atoms. The standard InChI is InChI=1S/C25H36O4/c1-6-7-8-9-18-12-22(26)24(23(27)13-18)21-14-19(10-11-20(21)17(4)5)25(28)29-15-16(2)3/h12-14,16,20-21,26-27H,4,6-11,15H2,1-3,5H3/t20-,21+/m0/s1. The Morgan fingerprint density at radius 3 is 2.45 bits per heavy atom. The first kappa shape index (κ1) is 23.1. The van der Waals surface area contributed by atoms with Crippen LogP contribution in [0.25, 0.3) is 0 Å². The van der Waals surface area contributed by atoms with Crippen LogP contribution in [0.4, 0.5) is 0 Å². The predicted molar refractivity (Wildman–Crippen MR) is 117 cm³/mol. The number of carbonyl (C=O) groups excluding carboxylic acids is 1. The van der Waals surface area contributed by atoms with E-state index < -0.39 is 0 Å². The second kappa shape index (κ2) is 10.5. The molecule has 1 aromatic carbocycles. The van der Waals surface area contributed by atoms with Gasteiger partial charge in [-0.3, -0.25) is 0 Å². The van der Waals surface area contributed by atoms with Crippen LogP contribution in [0.1, 0.15) is 76.8 Å². The molecule has 4 nitrogen and oxygen atoms in total. The summed E-state index contributed by atoms with van der Waals surface area (Å²) in [4.78, 5) is 12.5. The Balaban J connectivity index is 2.35. The number of phenols is 2. The van der Waals surface area contributed by atoms with Crippen LogP contribution < -0.4 is 0 Å². The monoisotopic (exact) mass is 400 g/mol. The maximum Gasteiger partial charge on any atom is 0.333 e. The number of aryl methyl sites for hydroxylation is 1. The summed E-state index contributed by atoms with van der Waals surface area (Å²) >= 11 is 0. The lowest BCUT2D eigenvalue weighted by Crippen LogP contribution is -2.22. The summed E-state index contributed by atoms with van der Waals surface area (Å²) in [6.45, 7) is 12.6. The van der Waals surface area contributed by atoms with Gasteiger partial charge in [0, 0.05) is 17.1 Å². The average Bonchev–Trinajstić information content (AvgIpc) is 2.65. The lowest BCUT2D eigenvalue weighted by molar-refractivity contribution is -0.140. The van der Waals surface area contributed by atoms with Crippen LogP contribution in [0.3, 0.4) is 0 Å². The molecule has 0 unspecified atom stereocenters. The number of ether oxygens (including phenoxy) is 1. The molecular weight excluding hydrogens is 364 g/mol. The smallest absolute Gasteiger partial charge is 0.333 e. The summed E-state index contributed by atoms with van der Waals surface area (Å²) in [6, 6.07) is 3.50. The number of unbranched alkanes of at least 4 members (excludes halogenated alkanes) is 2. The number of hydrogen-bond donors (Lipinski definition) is 2. The van der Waals surface area contributed by atoms with Crippen LogP contribution in [0.15, 0.2) is 35.9 Å². The molecule has 0 radical (unpaired) electrons. The van der Waals surface area contributed by atoms with E-state index in [0.717, 1.165) is 43.2 Å². The molecule has 2 atom stereocenters. The molecule has 160 valence electrons. The fourth-order valence-corrected chi connectivity index (χ4v) is 3.99. The Labute approximate surface area is 175 Å². The molecule has 0 aliphatic heterocycles. The van der Waals surface area contributed by atoms with Gasteiger partial charge in [0.05, 0.1) is 6.61 Å². The maximum atomic E-state index is 12.5. The number of hydrogen-bond acceptors (Lipinski definition) is 4. The Morgan fingerprint density at radius 2 is 1.90 bits per heavy atom. The number of phenolic OH excluding ortho intramolecular Hbond substituents is 2. The Hall–Kier alpha value is -2.23. The molecule has 2 rings (SSSR count). The topological polar surface area (TPSA) is 66.8 Å². The molecule has 0 aromatic heterocycles. The fraction of sp³-hybridized carbons (Fsp3) is 0.560. The van der Waals surface area contributed by atoms with Crippen molar-refractivity contribution in [1.82, 2.24) is 0 Å². The molecule has 29 heavy (non-hydrogen) atoms. The minimum atomic E-state index is -0.306. The van der Waals surface area contributed by atoms with E-state index in [9.17, 15) is 15.0 Å². The zero-order valence-electron chi connectivity index (χ0n) is 18.3. The Kier molecular flexibility index (Phi) is 8.36. The molecule has 4 heteroatoms. The van der Waals surface area contributed by atoms with Crippen LogP contribution in [0, 0.1) is 11.8 Å². The van der Waals surface area contributed by atoms with E-state index in [2.05, 4.69) is 13.5 Å². The van der Waals surface area contributed by atoms with E-state index in [0.29, 0.717) is 24.2 Å². The second-order valence-electron chi connectivity index (χ2n) is 8.71. The number of esters is 1. The van der Waals surface area contributed by atoms with Gasteiger partial charge in [-0.25, -0.2) is 4.79 Å². The third-order valence-corrected chi connectivity index (χ3v) is 5.58. The zero-order valence-corrected chi connectivity index (χ0v) is 18.3. The van der Waals surface area contributed by atoms with Crippen molar-refractivity contribution in [3.8, 4) is 11.5 Å². The highest BCUT2D eigenvalue weighted by Crippen LogP contribution is 2.46. The second-order valence-corrected chi connectivity index (χ2v) is 8.71. The predicted octanol–water partition coefficient (Wildman–Crippen LogP) is 6.03. The number of aromatic hydroxyl groups is 2. The summed E-state index contributed by atoms with van der Waals surface area (Å²) in [7, 11) is 0. The first-order valence-corrected chi connectivity index (χ1v) is 10.8. The van der Waals surface area contributed by atoms with E-state index in [-0.39, 0.29) is 35.2 Å². The summed E-state index contributed by atoms with van der Waals surface area (Å²) in [5, 5.41) is 21.5. The van der Waals surface area contributed by atoms with Crippen LogP contribution in [-0.4, -0.2) is 22.8 Å². The third kappa shape index (κ3) is 6.12. The van der Waals surface area contributed by atoms with Crippen molar-refractivity contribution in [3.63, 3.8) is 0 Å². The van der Waals surface area contributed by atoms with Gasteiger partial charge in [-0.05, 0) is 62.1 Å². The minimum Gasteiger partial charge on any atom is -0.507 e. The fourth-order valence-electron chi connectivity index (χ4n) is 3.99. The van der Waals surface area contributed by atoms with E-state index in [1.165, 1.54) is 0 Å². The summed E-state index contributed by atoms with van der Waals surface area (Å²) < 4.78 is 5.40. The highest BCUT2D eigenvalue weighted by atomic mass is 16.5. The summed E-state index contributed by atoms with van der Waals surface area (Å²) in [5.74, 6) is -0.108. The van der Waals surface area contributed by atoms with Gasteiger partial charge in [-0.1, -0.05) is 51.8 Å². The van der Waals surface area contributed by atoms with Crippen molar-refractivity contribution < 1.29 is 19.7 Å². The van der Waals surface area contributed by atoms with Gasteiger partial charge in [-0.2, -0.15) is 0 Å². The van der Waals surface area contributed by atoms with E-state index >= 15 is 0 Å². The zero-order chi connectivity index (χ0) is 21.6. The Morgan fingerprint density at radius 1 is 1.24 bits per heavy atom. The normalized spacial score (nSPS) is 19.1. The van der Waals surface area contributed by atoms with Gasteiger partial charge < -0.3 is 14.9 Å². The molecule has 2 N–H and O–H groups in total. The van der Waals surface area contributed by atoms with E-state index in [1.54, 1.807) is 12.1 Å². The molecule has 0 saturated heterocycles. The van der Waals surface area contributed by atoms with Crippen LogP contribution in [-0.2, 0) is 16.0 Å². The lowest BCUT2D eigenvalue weighted by Gasteiger charge is -2.31. The van der Waals surface area contributed by atoms with Crippen molar-refractivity contribution >= 4 is 5.97 Å². The largest absolute Gasteiger partial charge is 0.507 e. The number of rotatable bonds is 9. The van der Waals surface area contributed by atoms with Crippen LogP contribution in [0.2, 0.25) is 0 Å². The number of benzene rings is 1. The molecule has 0 amide bonds. The highest BCUT2D eigenvalue weighted by molar-refractivity contribution is 5.89. The molecule has 0 saturated carbocycles. The number of allylic oxidation sites excluding steroid dienone is 2. The average molecular weight is 401 g/mol. The quantitative estimate of drug-likeness (QED) is 0.302. The van der Waals surface area contributed by atoms with Gasteiger partial charge in [0.15, 0.2) is 0 Å². The highest BCUT2D eigenvalue weighted by Gasteiger charge is 2.33. The van der Waals surface area contributed by atoms with Gasteiger partial charge in [0.25, 0.3) is 0 Å². The van der Waals surface area contributed by atoms with Gasteiger partial charge in [0.1, 0.15) is 11.5 Å². The summed E-state index contributed by atoms with van der Waals surface area (Å²) in [5.41, 5.74) is 3.00. The van der Waals surface area contributed by atoms with Gasteiger partial charge in [0.2, 0.25) is 0 Å². The molecule has 1 aliphatic rings. The van der Waals surface area contributed by atoms with Crippen molar-refractivity contribution in [3.05, 3.63) is 47.1 Å². The minimum absolute atomic E-state index is 0.0550. The molecule has 0 bridgehead atoms. The van der Waals surface area contributed by atoms with Crippen LogP contribution >= 0.6 is 0 Å². The SMILES string of the molecule is C=C(C)[C@@H]1CCC(C(=O)OCC(C)C)=C[C@H]1c1c(O)cc(CCCCC)cc1O. The molecule has 1 aliphatic carbocycles. The first-order valence-electron chi connectivity index (χ1n) is 10.8. The van der Waals surface area contributed by atoms with Gasteiger partial charge >= 0.3 is 5.97 Å². The molecule has 1 aromatic rings. The van der Waals surface area contributed by atoms with Crippen molar-refractivity contribution in [2.75, 3.05) is 6.61 Å². The van der Waals surface area contributed by atoms with Gasteiger partial charge in [-0.15, -0.1) is 0 Å². The molecule has 0 heterocycles. The number of carbonyl (C=O) groups is 1. The lowest BCUT2D eigenvalue weighted by atomic mass is 9.73. The van der Waals surface area contributed by atoms with Crippen molar-refractivity contribution in [2.24, 2.45) is 11.8 Å². The Bertz CT molecular complexity index is 737. The summed E-state index contributed by atoms with van der Waals surface area (Å²) in [6.07, 6.45) is 7.30. The third-order valence-electron chi connectivity index (χ3n) is 5.58. The van der Waals surface area contributed by atoms with E-state index in [4.69, 9.17) is 4.74 Å². The molecular formula is C25H36O4.